The van der Waals surface area contributed by atoms with E-state index in [-0.39, 0.29) is 10.9 Å². The van der Waals surface area contributed by atoms with E-state index in [2.05, 4.69) is 4.98 Å². The first kappa shape index (κ1) is 19.1. The maximum absolute atomic E-state index is 13.5. The molecule has 3 atom stereocenters. The van der Waals surface area contributed by atoms with E-state index in [9.17, 15) is 9.59 Å². The van der Waals surface area contributed by atoms with Crippen LogP contribution in [0.25, 0.3) is 0 Å². The molecule has 5 rings (SSSR count). The number of hydroxylamine groups is 1. The second kappa shape index (κ2) is 7.40. The van der Waals surface area contributed by atoms with Crippen molar-refractivity contribution in [1.82, 2.24) is 4.98 Å². The van der Waals surface area contributed by atoms with E-state index < -0.39 is 24.0 Å². The van der Waals surface area contributed by atoms with Crippen LogP contribution in [-0.2, 0) is 14.4 Å². The van der Waals surface area contributed by atoms with Gasteiger partial charge in [0.2, 0.25) is 5.91 Å². The molecule has 2 aliphatic rings. The molecule has 0 aliphatic carbocycles. The minimum absolute atomic E-state index is 0.266. The SMILES string of the molecule is O=C1[C@@H]2[C@@H](c3cccnc3)N(c3ccccc3)O[C@H]2C(=O)N1c1ccc(Cl)c(Cl)c1. The first-order valence-electron chi connectivity index (χ1n) is 9.30. The van der Waals surface area contributed by atoms with E-state index in [0.29, 0.717) is 10.7 Å². The Hall–Kier alpha value is -2.93. The summed E-state index contributed by atoms with van der Waals surface area (Å²) in [7, 11) is 0. The number of carbonyl (C=O) groups excluding carboxylic acids is 2. The third-order valence-electron chi connectivity index (χ3n) is 5.31. The van der Waals surface area contributed by atoms with Gasteiger partial charge < -0.3 is 0 Å². The number of hydrogen-bond donors (Lipinski definition) is 0. The van der Waals surface area contributed by atoms with E-state index >= 15 is 0 Å². The lowest BCUT2D eigenvalue weighted by Gasteiger charge is -2.28. The Morgan fingerprint density at radius 2 is 1.67 bits per heavy atom. The molecule has 0 N–H and O–H groups in total. The van der Waals surface area contributed by atoms with E-state index in [1.54, 1.807) is 35.7 Å². The fourth-order valence-electron chi connectivity index (χ4n) is 3.98. The standard InChI is InChI=1S/C22H15Cl2N3O3/c23-16-9-8-15(11-17(16)24)26-21(28)18-19(13-5-4-10-25-12-13)27(30-20(18)22(26)29)14-6-2-1-3-7-14/h1-12,18-20H/t18-,19-,20-/m1/s1. The van der Waals surface area contributed by atoms with Gasteiger partial charge in [0, 0.05) is 12.4 Å². The maximum Gasteiger partial charge on any atom is 0.266 e. The lowest BCUT2D eigenvalue weighted by molar-refractivity contribution is -0.126. The second-order valence-corrected chi connectivity index (χ2v) is 7.87. The van der Waals surface area contributed by atoms with Crippen LogP contribution >= 0.6 is 23.2 Å². The van der Waals surface area contributed by atoms with Crippen molar-refractivity contribution < 1.29 is 14.4 Å². The molecule has 3 heterocycles. The summed E-state index contributed by atoms with van der Waals surface area (Å²) in [6.45, 7) is 0. The number of pyridine rings is 1. The van der Waals surface area contributed by atoms with E-state index in [1.165, 1.54) is 6.07 Å². The number of para-hydroxylation sites is 1. The zero-order valence-corrected chi connectivity index (χ0v) is 17.0. The maximum atomic E-state index is 13.5. The first-order chi connectivity index (χ1) is 14.6. The van der Waals surface area contributed by atoms with Crippen LogP contribution in [0.15, 0.2) is 73.1 Å². The summed E-state index contributed by atoms with van der Waals surface area (Å²) in [4.78, 5) is 38.0. The number of aromatic nitrogens is 1. The van der Waals surface area contributed by atoms with Crippen LogP contribution in [0.1, 0.15) is 11.6 Å². The molecule has 0 unspecified atom stereocenters. The predicted octanol–water partition coefficient (Wildman–Crippen LogP) is 4.44. The van der Waals surface area contributed by atoms with Gasteiger partial charge in [-0.3, -0.25) is 19.4 Å². The number of hydrogen-bond acceptors (Lipinski definition) is 5. The lowest BCUT2D eigenvalue weighted by atomic mass is 9.91. The Labute approximate surface area is 182 Å². The van der Waals surface area contributed by atoms with Crippen molar-refractivity contribution in [2.24, 2.45) is 5.92 Å². The molecule has 2 aliphatic heterocycles. The van der Waals surface area contributed by atoms with Gasteiger partial charge in [0.05, 0.1) is 27.5 Å². The van der Waals surface area contributed by atoms with Gasteiger partial charge in [0.15, 0.2) is 6.10 Å². The molecular formula is C22H15Cl2N3O3. The minimum Gasteiger partial charge on any atom is -0.273 e. The fourth-order valence-corrected chi connectivity index (χ4v) is 4.27. The zero-order valence-electron chi connectivity index (χ0n) is 15.5. The highest BCUT2D eigenvalue weighted by Gasteiger charge is 2.60. The molecule has 6 nitrogen and oxygen atoms in total. The number of halogens is 2. The number of amides is 2. The second-order valence-electron chi connectivity index (χ2n) is 7.05. The van der Waals surface area contributed by atoms with E-state index in [0.717, 1.165) is 16.2 Å². The summed E-state index contributed by atoms with van der Waals surface area (Å²) in [5.41, 5.74) is 1.90. The third kappa shape index (κ3) is 2.96. The number of nitrogens with zero attached hydrogens (tertiary/aromatic N) is 3. The Bertz CT molecular complexity index is 1130. The number of rotatable bonds is 3. The number of benzene rings is 2. The molecule has 8 heteroatoms. The van der Waals surface area contributed by atoms with Crippen molar-refractivity contribution in [3.63, 3.8) is 0 Å². The largest absolute Gasteiger partial charge is 0.273 e. The van der Waals surface area contributed by atoms with Gasteiger partial charge in [0.25, 0.3) is 5.91 Å². The molecule has 2 amide bonds. The molecule has 1 aromatic heterocycles. The molecule has 3 aromatic rings. The van der Waals surface area contributed by atoms with Crippen molar-refractivity contribution in [3.05, 3.63) is 88.7 Å². The molecule has 150 valence electrons. The predicted molar refractivity (Wildman–Crippen MR) is 113 cm³/mol. The summed E-state index contributed by atoms with van der Waals surface area (Å²) in [6.07, 6.45) is 2.40. The molecule has 30 heavy (non-hydrogen) atoms. The molecule has 2 aromatic carbocycles. The fraction of sp³-hybridized carbons (Fsp3) is 0.136. The van der Waals surface area contributed by atoms with Crippen LogP contribution in [0.4, 0.5) is 11.4 Å². The average molecular weight is 440 g/mol. The van der Waals surface area contributed by atoms with Crippen LogP contribution in [0, 0.1) is 5.92 Å². The summed E-state index contributed by atoms with van der Waals surface area (Å²) in [5, 5.41) is 2.25. The topological polar surface area (TPSA) is 62.7 Å². The van der Waals surface area contributed by atoms with E-state index in [1.807, 2.05) is 36.4 Å². The Morgan fingerprint density at radius 1 is 0.867 bits per heavy atom. The van der Waals surface area contributed by atoms with Crippen molar-refractivity contribution in [2.45, 2.75) is 12.1 Å². The van der Waals surface area contributed by atoms with Crippen LogP contribution in [-0.4, -0.2) is 22.9 Å². The molecule has 2 saturated heterocycles. The number of imide groups is 1. The van der Waals surface area contributed by atoms with Gasteiger partial charge in [-0.2, -0.15) is 0 Å². The number of carbonyl (C=O) groups is 2. The van der Waals surface area contributed by atoms with Crippen LogP contribution in [0.2, 0.25) is 10.0 Å². The molecule has 0 spiro atoms. The Morgan fingerprint density at radius 3 is 2.37 bits per heavy atom. The van der Waals surface area contributed by atoms with Gasteiger partial charge in [-0.05, 0) is 42.0 Å². The summed E-state index contributed by atoms with van der Waals surface area (Å²) >= 11 is 12.1. The van der Waals surface area contributed by atoms with Crippen molar-refractivity contribution in [3.8, 4) is 0 Å². The Balaban J connectivity index is 1.58. The Kier molecular flexibility index (Phi) is 4.70. The average Bonchev–Trinajstić information content (AvgIpc) is 3.28. The summed E-state index contributed by atoms with van der Waals surface area (Å²) in [6, 6.07) is 17.2. The van der Waals surface area contributed by atoms with Crippen LogP contribution in [0.5, 0.6) is 0 Å². The monoisotopic (exact) mass is 439 g/mol. The number of fused-ring (bicyclic) bond motifs is 1. The van der Waals surface area contributed by atoms with Gasteiger partial charge >= 0.3 is 0 Å². The highest BCUT2D eigenvalue weighted by atomic mass is 35.5. The van der Waals surface area contributed by atoms with Crippen molar-refractivity contribution >= 4 is 46.4 Å². The molecule has 0 saturated carbocycles. The summed E-state index contributed by atoms with van der Waals surface area (Å²) < 4.78 is 0. The smallest absolute Gasteiger partial charge is 0.266 e. The van der Waals surface area contributed by atoms with Gasteiger partial charge in [-0.15, -0.1) is 0 Å². The minimum atomic E-state index is -0.947. The quantitative estimate of drug-likeness (QED) is 0.564. The molecule has 2 fully saturated rings. The number of anilines is 2. The third-order valence-corrected chi connectivity index (χ3v) is 6.05. The van der Waals surface area contributed by atoms with Crippen LogP contribution in [0.3, 0.4) is 0 Å². The highest BCUT2D eigenvalue weighted by Crippen LogP contribution is 2.47. The molecule has 0 radical (unpaired) electrons. The summed E-state index contributed by atoms with van der Waals surface area (Å²) in [5.74, 6) is -1.51. The highest BCUT2D eigenvalue weighted by molar-refractivity contribution is 6.42. The zero-order chi connectivity index (χ0) is 20.8. The molecular weight excluding hydrogens is 425 g/mol. The van der Waals surface area contributed by atoms with Gasteiger partial charge in [0.1, 0.15) is 5.92 Å². The first-order valence-corrected chi connectivity index (χ1v) is 10.1. The van der Waals surface area contributed by atoms with Crippen LogP contribution < -0.4 is 9.96 Å². The van der Waals surface area contributed by atoms with E-state index in [4.69, 9.17) is 28.0 Å². The van der Waals surface area contributed by atoms with Gasteiger partial charge in [-0.25, -0.2) is 9.96 Å². The van der Waals surface area contributed by atoms with Gasteiger partial charge in [-0.1, -0.05) is 47.5 Å². The lowest BCUT2D eigenvalue weighted by Crippen LogP contribution is -2.37. The van der Waals surface area contributed by atoms with Crippen molar-refractivity contribution in [2.75, 3.05) is 9.96 Å². The molecule has 0 bridgehead atoms. The van der Waals surface area contributed by atoms with Crippen molar-refractivity contribution in [1.29, 1.82) is 0 Å². The normalized spacial score (nSPS) is 23.2.